The normalized spacial score (nSPS) is 15.5. The van der Waals surface area contributed by atoms with Crippen LogP contribution in [0, 0.1) is 0 Å². The van der Waals surface area contributed by atoms with Crippen molar-refractivity contribution in [3.05, 3.63) is 60.4 Å². The molecular weight excluding hydrogens is 326 g/mol. The second-order valence-corrected chi connectivity index (χ2v) is 6.80. The number of carbonyl (C=O) groups is 1. The Kier molecular flexibility index (Phi) is 4.71. The van der Waals surface area contributed by atoms with E-state index >= 15 is 0 Å². The third-order valence-corrected chi connectivity index (χ3v) is 5.02. The summed E-state index contributed by atoms with van der Waals surface area (Å²) in [6.07, 6.45) is 2.12. The Hall–Kier alpha value is -2.66. The fourth-order valence-corrected chi connectivity index (χ4v) is 3.60. The van der Waals surface area contributed by atoms with Gasteiger partial charge in [0, 0.05) is 31.6 Å². The van der Waals surface area contributed by atoms with Crippen molar-refractivity contribution in [1.29, 1.82) is 0 Å². The van der Waals surface area contributed by atoms with Gasteiger partial charge in [-0.25, -0.2) is 4.98 Å². The number of hydrogen-bond acceptors (Lipinski definition) is 3. The van der Waals surface area contributed by atoms with Gasteiger partial charge in [-0.05, 0) is 37.1 Å². The van der Waals surface area contributed by atoms with Gasteiger partial charge < -0.3 is 10.0 Å². The van der Waals surface area contributed by atoms with E-state index in [-0.39, 0.29) is 12.0 Å². The van der Waals surface area contributed by atoms with Gasteiger partial charge in [-0.15, -0.1) is 0 Å². The minimum absolute atomic E-state index is 0.142. The van der Waals surface area contributed by atoms with Crippen LogP contribution in [0.25, 0.3) is 16.7 Å². The Morgan fingerprint density at radius 1 is 1.04 bits per heavy atom. The van der Waals surface area contributed by atoms with Crippen molar-refractivity contribution < 1.29 is 9.90 Å². The molecular formula is C21H23N3O2. The van der Waals surface area contributed by atoms with E-state index in [0.717, 1.165) is 22.5 Å². The molecule has 0 spiro atoms. The number of aliphatic hydroxyl groups is 1. The number of likely N-dealkylation sites (tertiary alicyclic amines) is 1. The number of benzene rings is 2. The van der Waals surface area contributed by atoms with Gasteiger partial charge >= 0.3 is 0 Å². The number of aliphatic hydroxyl groups excluding tert-OH is 1. The number of aromatic nitrogens is 2. The molecule has 5 heteroatoms. The first-order chi connectivity index (χ1) is 12.7. The van der Waals surface area contributed by atoms with Gasteiger partial charge in [0.15, 0.2) is 0 Å². The first-order valence-corrected chi connectivity index (χ1v) is 9.20. The maximum absolute atomic E-state index is 12.5. The molecule has 1 fully saturated rings. The Morgan fingerprint density at radius 3 is 2.50 bits per heavy atom. The molecule has 0 atom stereocenters. The van der Waals surface area contributed by atoms with Gasteiger partial charge in [-0.3, -0.25) is 9.36 Å². The van der Waals surface area contributed by atoms with E-state index in [1.807, 2.05) is 41.3 Å². The number of carbonyl (C=O) groups excluding carboxylic acids is 1. The number of fused-ring (bicyclic) bond motifs is 1. The van der Waals surface area contributed by atoms with E-state index in [9.17, 15) is 9.90 Å². The van der Waals surface area contributed by atoms with Crippen LogP contribution in [-0.2, 0) is 11.2 Å². The molecule has 1 N–H and O–H groups in total. The largest absolute Gasteiger partial charge is 0.393 e. The zero-order valence-electron chi connectivity index (χ0n) is 14.7. The van der Waals surface area contributed by atoms with Crippen molar-refractivity contribution in [2.75, 3.05) is 13.1 Å². The first-order valence-electron chi connectivity index (χ1n) is 9.20. The number of rotatable bonds is 4. The standard InChI is InChI=1S/C21H23N3O2/c25-17-12-14-23(15-13-17)21(26)11-10-20-22-18-8-4-5-9-19(18)24(20)16-6-2-1-3-7-16/h1-9,17,25H,10-15H2. The van der Waals surface area contributed by atoms with E-state index in [1.54, 1.807) is 0 Å². The average Bonchev–Trinajstić information content (AvgIpc) is 3.05. The minimum Gasteiger partial charge on any atom is -0.393 e. The molecule has 1 aliphatic heterocycles. The maximum Gasteiger partial charge on any atom is 0.223 e. The number of hydrogen-bond donors (Lipinski definition) is 1. The van der Waals surface area contributed by atoms with Gasteiger partial charge in [0.05, 0.1) is 17.1 Å². The second-order valence-electron chi connectivity index (χ2n) is 6.80. The van der Waals surface area contributed by atoms with Crippen molar-refractivity contribution in [2.24, 2.45) is 0 Å². The lowest BCUT2D eigenvalue weighted by Crippen LogP contribution is -2.40. The molecule has 0 aliphatic carbocycles. The number of aryl methyl sites for hydroxylation is 1. The van der Waals surface area contributed by atoms with Crippen molar-refractivity contribution in [2.45, 2.75) is 31.8 Å². The molecule has 2 heterocycles. The summed E-state index contributed by atoms with van der Waals surface area (Å²) in [4.78, 5) is 19.2. The van der Waals surface area contributed by atoms with E-state index in [4.69, 9.17) is 4.98 Å². The Morgan fingerprint density at radius 2 is 1.73 bits per heavy atom. The van der Waals surface area contributed by atoms with E-state index in [1.165, 1.54) is 0 Å². The summed E-state index contributed by atoms with van der Waals surface area (Å²) in [7, 11) is 0. The number of nitrogens with zero attached hydrogens (tertiary/aromatic N) is 3. The molecule has 2 aromatic carbocycles. The molecule has 0 unspecified atom stereocenters. The highest BCUT2D eigenvalue weighted by Gasteiger charge is 2.22. The van der Waals surface area contributed by atoms with E-state index in [0.29, 0.717) is 38.8 Å². The molecule has 4 rings (SSSR count). The number of para-hydroxylation sites is 3. The quantitative estimate of drug-likeness (QED) is 0.788. The van der Waals surface area contributed by atoms with Gasteiger partial charge in [0.2, 0.25) is 5.91 Å². The Balaban J connectivity index is 1.57. The highest BCUT2D eigenvalue weighted by Crippen LogP contribution is 2.22. The zero-order chi connectivity index (χ0) is 17.9. The lowest BCUT2D eigenvalue weighted by atomic mass is 10.1. The Bertz CT molecular complexity index is 896. The number of imidazole rings is 1. The molecule has 1 saturated heterocycles. The number of piperidine rings is 1. The maximum atomic E-state index is 12.5. The van der Waals surface area contributed by atoms with Crippen LogP contribution in [0.5, 0.6) is 0 Å². The summed E-state index contributed by atoms with van der Waals surface area (Å²) in [6, 6.07) is 18.2. The molecule has 0 saturated carbocycles. The summed E-state index contributed by atoms with van der Waals surface area (Å²) >= 11 is 0. The van der Waals surface area contributed by atoms with Gasteiger partial charge in [0.25, 0.3) is 0 Å². The minimum atomic E-state index is -0.263. The van der Waals surface area contributed by atoms with Crippen molar-refractivity contribution in [3.63, 3.8) is 0 Å². The molecule has 0 bridgehead atoms. The van der Waals surface area contributed by atoms with Crippen LogP contribution in [0.3, 0.4) is 0 Å². The van der Waals surface area contributed by atoms with Crippen molar-refractivity contribution >= 4 is 16.9 Å². The van der Waals surface area contributed by atoms with Crippen molar-refractivity contribution in [1.82, 2.24) is 14.5 Å². The lowest BCUT2D eigenvalue weighted by molar-refractivity contribution is -0.133. The van der Waals surface area contributed by atoms with Gasteiger partial charge in [0.1, 0.15) is 5.82 Å². The van der Waals surface area contributed by atoms with Crippen LogP contribution in [0.15, 0.2) is 54.6 Å². The first kappa shape index (κ1) is 16.8. The average molecular weight is 349 g/mol. The van der Waals surface area contributed by atoms with Crippen LogP contribution in [0.4, 0.5) is 0 Å². The van der Waals surface area contributed by atoms with Gasteiger partial charge in [-0.2, -0.15) is 0 Å². The molecule has 5 nitrogen and oxygen atoms in total. The zero-order valence-corrected chi connectivity index (χ0v) is 14.7. The molecule has 1 amide bonds. The fourth-order valence-electron chi connectivity index (χ4n) is 3.60. The van der Waals surface area contributed by atoms with Crippen LogP contribution in [-0.4, -0.2) is 44.7 Å². The van der Waals surface area contributed by atoms with E-state index in [2.05, 4.69) is 22.8 Å². The Labute approximate surface area is 152 Å². The van der Waals surface area contributed by atoms with Gasteiger partial charge in [-0.1, -0.05) is 30.3 Å². The van der Waals surface area contributed by atoms with Crippen molar-refractivity contribution in [3.8, 4) is 5.69 Å². The fraction of sp³-hybridized carbons (Fsp3) is 0.333. The summed E-state index contributed by atoms with van der Waals surface area (Å²) in [6.45, 7) is 1.30. The molecule has 26 heavy (non-hydrogen) atoms. The van der Waals surface area contributed by atoms with Crippen LogP contribution >= 0.6 is 0 Å². The molecule has 134 valence electrons. The summed E-state index contributed by atoms with van der Waals surface area (Å²) < 4.78 is 2.14. The predicted octanol–water partition coefficient (Wildman–Crippen LogP) is 2.94. The molecule has 1 aromatic heterocycles. The third kappa shape index (κ3) is 3.35. The summed E-state index contributed by atoms with van der Waals surface area (Å²) in [5, 5.41) is 9.61. The lowest BCUT2D eigenvalue weighted by Gasteiger charge is -2.29. The molecule has 0 radical (unpaired) electrons. The summed E-state index contributed by atoms with van der Waals surface area (Å²) in [5.74, 6) is 1.05. The third-order valence-electron chi connectivity index (χ3n) is 5.02. The highest BCUT2D eigenvalue weighted by molar-refractivity contribution is 5.79. The molecule has 1 aliphatic rings. The molecule has 3 aromatic rings. The SMILES string of the molecule is O=C(CCc1nc2ccccc2n1-c1ccccc1)N1CCC(O)CC1. The van der Waals surface area contributed by atoms with E-state index < -0.39 is 0 Å². The highest BCUT2D eigenvalue weighted by atomic mass is 16.3. The smallest absolute Gasteiger partial charge is 0.223 e. The van der Waals surface area contributed by atoms with Crippen LogP contribution in [0.1, 0.15) is 25.1 Å². The summed E-state index contributed by atoms with van der Waals surface area (Å²) in [5.41, 5.74) is 3.06. The predicted molar refractivity (Wildman–Crippen MR) is 101 cm³/mol. The topological polar surface area (TPSA) is 58.4 Å². The van der Waals surface area contributed by atoms with Crippen LogP contribution < -0.4 is 0 Å². The second kappa shape index (κ2) is 7.30. The van der Waals surface area contributed by atoms with Crippen LogP contribution in [0.2, 0.25) is 0 Å². The number of amides is 1. The monoisotopic (exact) mass is 349 g/mol.